The highest BCUT2D eigenvalue weighted by atomic mass is 32.1. The number of hydrogen-bond acceptors (Lipinski definition) is 4. The number of carbonyl (C=O) groups is 2. The number of amides is 1. The van der Waals surface area contributed by atoms with Crippen LogP contribution in [-0.4, -0.2) is 18.0 Å². The van der Waals surface area contributed by atoms with Gasteiger partial charge < -0.3 is 10.1 Å². The zero-order valence-corrected chi connectivity index (χ0v) is 14.6. The minimum absolute atomic E-state index is 0.0417. The number of nitrogens with one attached hydrogen (secondary N) is 1. The monoisotopic (exact) mass is 323 g/mol. The highest BCUT2D eigenvalue weighted by molar-refractivity contribution is 7.16. The van der Waals surface area contributed by atoms with Crippen molar-refractivity contribution in [3.05, 3.63) is 16.0 Å². The van der Waals surface area contributed by atoms with Crippen LogP contribution in [0, 0.1) is 12.8 Å². The van der Waals surface area contributed by atoms with Crippen molar-refractivity contribution >= 4 is 28.2 Å². The summed E-state index contributed by atoms with van der Waals surface area (Å²) in [6.45, 7) is 7.67. The first-order valence-corrected chi connectivity index (χ1v) is 8.89. The standard InChI is InChI=1S/C17H25NO3S/c1-5-13-11(4)22-16(14(13)17(20)21-10(2)3)18-15(19)12-8-6-7-9-12/h10,12H,5-9H2,1-4H3,(H,18,19). The summed E-state index contributed by atoms with van der Waals surface area (Å²) in [6, 6.07) is 0. The van der Waals surface area contributed by atoms with Gasteiger partial charge in [0.25, 0.3) is 0 Å². The molecular formula is C17H25NO3S. The van der Waals surface area contributed by atoms with Crippen LogP contribution in [0.5, 0.6) is 0 Å². The average molecular weight is 323 g/mol. The number of rotatable bonds is 5. The number of esters is 1. The molecular weight excluding hydrogens is 298 g/mol. The molecule has 0 radical (unpaired) electrons. The van der Waals surface area contributed by atoms with Crippen molar-refractivity contribution in [2.45, 2.75) is 65.9 Å². The van der Waals surface area contributed by atoms with Crippen molar-refractivity contribution in [1.29, 1.82) is 0 Å². The van der Waals surface area contributed by atoms with E-state index in [2.05, 4.69) is 5.32 Å². The van der Waals surface area contributed by atoms with Crippen LogP contribution in [0.3, 0.4) is 0 Å². The van der Waals surface area contributed by atoms with E-state index in [4.69, 9.17) is 4.74 Å². The Labute approximate surface area is 136 Å². The molecule has 22 heavy (non-hydrogen) atoms. The predicted octanol–water partition coefficient (Wildman–Crippen LogP) is 4.31. The van der Waals surface area contributed by atoms with Gasteiger partial charge >= 0.3 is 5.97 Å². The Bertz CT molecular complexity index is 556. The molecule has 2 rings (SSSR count). The van der Waals surface area contributed by atoms with Gasteiger partial charge in [-0.1, -0.05) is 19.8 Å². The van der Waals surface area contributed by atoms with Crippen LogP contribution < -0.4 is 5.32 Å². The minimum Gasteiger partial charge on any atom is -0.459 e. The van der Waals surface area contributed by atoms with E-state index < -0.39 is 0 Å². The van der Waals surface area contributed by atoms with Crippen LogP contribution in [0.25, 0.3) is 0 Å². The lowest BCUT2D eigenvalue weighted by atomic mass is 10.1. The molecule has 1 fully saturated rings. The van der Waals surface area contributed by atoms with Crippen LogP contribution in [0.2, 0.25) is 0 Å². The first-order valence-electron chi connectivity index (χ1n) is 8.08. The Morgan fingerprint density at radius 2 is 1.95 bits per heavy atom. The number of carbonyl (C=O) groups excluding carboxylic acids is 2. The Kier molecular flexibility index (Phi) is 5.62. The van der Waals surface area contributed by atoms with Crippen molar-refractivity contribution in [1.82, 2.24) is 0 Å². The van der Waals surface area contributed by atoms with E-state index >= 15 is 0 Å². The Hall–Kier alpha value is -1.36. The molecule has 1 aromatic rings. The van der Waals surface area contributed by atoms with Crippen LogP contribution in [0.1, 0.15) is 67.3 Å². The van der Waals surface area contributed by atoms with E-state index in [1.165, 1.54) is 11.3 Å². The molecule has 0 aromatic carbocycles. The maximum atomic E-state index is 12.4. The highest BCUT2D eigenvalue weighted by Gasteiger charge is 2.27. The molecule has 0 spiro atoms. The number of aryl methyl sites for hydroxylation is 1. The lowest BCUT2D eigenvalue weighted by Crippen LogP contribution is -2.22. The molecule has 1 N–H and O–H groups in total. The van der Waals surface area contributed by atoms with Gasteiger partial charge in [-0.25, -0.2) is 4.79 Å². The first kappa shape index (κ1) is 17.0. The molecule has 0 atom stereocenters. The summed E-state index contributed by atoms with van der Waals surface area (Å²) in [6.07, 6.45) is 4.71. The van der Waals surface area contributed by atoms with E-state index in [0.717, 1.165) is 42.5 Å². The molecule has 1 aromatic heterocycles. The molecule has 1 heterocycles. The third kappa shape index (κ3) is 3.69. The number of thiophene rings is 1. The van der Waals surface area contributed by atoms with Crippen LogP contribution in [0.15, 0.2) is 0 Å². The van der Waals surface area contributed by atoms with Gasteiger partial charge in [0.15, 0.2) is 0 Å². The summed E-state index contributed by atoms with van der Waals surface area (Å²) >= 11 is 1.48. The second-order valence-corrected chi connectivity index (χ2v) is 7.34. The fourth-order valence-electron chi connectivity index (χ4n) is 2.98. The van der Waals surface area contributed by atoms with Gasteiger partial charge in [-0.2, -0.15) is 0 Å². The van der Waals surface area contributed by atoms with Crippen LogP contribution in [0.4, 0.5) is 5.00 Å². The SMILES string of the molecule is CCc1c(C)sc(NC(=O)C2CCCC2)c1C(=O)OC(C)C. The molecule has 0 bridgehead atoms. The van der Waals surface area contributed by atoms with Crippen molar-refractivity contribution < 1.29 is 14.3 Å². The molecule has 122 valence electrons. The number of hydrogen-bond donors (Lipinski definition) is 1. The number of ether oxygens (including phenoxy) is 1. The van der Waals surface area contributed by atoms with E-state index in [1.54, 1.807) is 0 Å². The predicted molar refractivity (Wildman–Crippen MR) is 89.6 cm³/mol. The van der Waals surface area contributed by atoms with Gasteiger partial charge in [0, 0.05) is 10.8 Å². The van der Waals surface area contributed by atoms with Crippen LogP contribution in [-0.2, 0) is 16.0 Å². The fraction of sp³-hybridized carbons (Fsp3) is 0.647. The smallest absolute Gasteiger partial charge is 0.341 e. The maximum Gasteiger partial charge on any atom is 0.341 e. The lowest BCUT2D eigenvalue weighted by Gasteiger charge is -2.13. The topological polar surface area (TPSA) is 55.4 Å². The molecule has 5 heteroatoms. The Morgan fingerprint density at radius 3 is 2.50 bits per heavy atom. The Balaban J connectivity index is 2.26. The number of anilines is 1. The van der Waals surface area contributed by atoms with E-state index in [1.807, 2.05) is 27.7 Å². The summed E-state index contributed by atoms with van der Waals surface area (Å²) in [5.74, 6) is -0.209. The van der Waals surface area contributed by atoms with Crippen molar-refractivity contribution in [3.63, 3.8) is 0 Å². The third-order valence-electron chi connectivity index (χ3n) is 4.07. The molecule has 1 saturated carbocycles. The van der Waals surface area contributed by atoms with E-state index in [0.29, 0.717) is 10.6 Å². The van der Waals surface area contributed by atoms with Gasteiger partial charge in [-0.3, -0.25) is 4.79 Å². The van der Waals surface area contributed by atoms with Gasteiger partial charge in [0.2, 0.25) is 5.91 Å². The van der Waals surface area contributed by atoms with Crippen molar-refractivity contribution in [2.75, 3.05) is 5.32 Å². The second-order valence-electron chi connectivity index (χ2n) is 6.12. The van der Waals surface area contributed by atoms with Gasteiger partial charge in [-0.15, -0.1) is 11.3 Å². The average Bonchev–Trinajstić information content (AvgIpc) is 3.05. The maximum absolute atomic E-state index is 12.4. The fourth-order valence-corrected chi connectivity index (χ4v) is 4.12. The summed E-state index contributed by atoms with van der Waals surface area (Å²) < 4.78 is 5.36. The summed E-state index contributed by atoms with van der Waals surface area (Å²) in [5, 5.41) is 3.63. The van der Waals surface area contributed by atoms with Gasteiger partial charge in [0.1, 0.15) is 5.00 Å². The molecule has 0 aliphatic heterocycles. The lowest BCUT2D eigenvalue weighted by molar-refractivity contribution is -0.119. The summed E-state index contributed by atoms with van der Waals surface area (Å²) in [7, 11) is 0. The van der Waals surface area contributed by atoms with E-state index in [9.17, 15) is 9.59 Å². The first-order chi connectivity index (χ1) is 10.4. The summed E-state index contributed by atoms with van der Waals surface area (Å²) in [4.78, 5) is 25.8. The molecule has 4 nitrogen and oxygen atoms in total. The molecule has 1 aliphatic carbocycles. The second kappa shape index (κ2) is 7.27. The zero-order chi connectivity index (χ0) is 16.3. The molecule has 0 saturated heterocycles. The third-order valence-corrected chi connectivity index (χ3v) is 5.13. The van der Waals surface area contributed by atoms with E-state index in [-0.39, 0.29) is 23.9 Å². The van der Waals surface area contributed by atoms with Crippen LogP contribution >= 0.6 is 11.3 Å². The summed E-state index contributed by atoms with van der Waals surface area (Å²) in [5.41, 5.74) is 1.53. The van der Waals surface area contributed by atoms with Gasteiger partial charge in [-0.05, 0) is 45.6 Å². The molecule has 0 unspecified atom stereocenters. The Morgan fingerprint density at radius 1 is 1.32 bits per heavy atom. The van der Waals surface area contributed by atoms with Gasteiger partial charge in [0.05, 0.1) is 11.7 Å². The zero-order valence-electron chi connectivity index (χ0n) is 13.8. The molecule has 1 aliphatic rings. The van der Waals surface area contributed by atoms with Crippen molar-refractivity contribution in [3.8, 4) is 0 Å². The van der Waals surface area contributed by atoms with Crippen molar-refractivity contribution in [2.24, 2.45) is 5.92 Å². The largest absolute Gasteiger partial charge is 0.459 e. The molecule has 1 amide bonds. The minimum atomic E-state index is -0.335. The normalized spacial score (nSPS) is 15.3. The quantitative estimate of drug-likeness (QED) is 0.821. The highest BCUT2D eigenvalue weighted by Crippen LogP contribution is 2.35.